The maximum absolute atomic E-state index is 12.3. The van der Waals surface area contributed by atoms with Crippen LogP contribution in [0.25, 0.3) is 0 Å². The van der Waals surface area contributed by atoms with Crippen LogP contribution in [0.15, 0.2) is 10.8 Å². The van der Waals surface area contributed by atoms with Gasteiger partial charge in [-0.3, -0.25) is 0 Å². The first-order valence-electron chi connectivity index (χ1n) is 3.16. The zero-order chi connectivity index (χ0) is 9.30. The van der Waals surface area contributed by atoms with E-state index in [2.05, 4.69) is 20.9 Å². The van der Waals surface area contributed by atoms with Gasteiger partial charge in [-0.25, -0.2) is 13.8 Å². The predicted molar refractivity (Wildman–Crippen MR) is 43.3 cm³/mol. The first-order valence-corrected chi connectivity index (χ1v) is 3.95. The van der Waals surface area contributed by atoms with Gasteiger partial charge in [-0.05, 0) is 28.4 Å². The lowest BCUT2D eigenvalue weighted by molar-refractivity contribution is 0.146. The van der Waals surface area contributed by atoms with Crippen molar-refractivity contribution in [1.82, 2.24) is 4.98 Å². The van der Waals surface area contributed by atoms with Gasteiger partial charge >= 0.3 is 0 Å². The topological polar surface area (TPSA) is 33.1 Å². The third kappa shape index (κ3) is 1.55. The number of rotatable bonds is 1. The highest BCUT2D eigenvalue weighted by atomic mass is 79.9. The van der Waals surface area contributed by atoms with Crippen molar-refractivity contribution in [1.29, 1.82) is 0 Å². The number of hydrogen-bond acceptors (Lipinski definition) is 2. The molecule has 0 unspecified atom stereocenters. The maximum Gasteiger partial charge on any atom is 0.267 e. The Bertz CT molecular complexity index is 304. The van der Waals surface area contributed by atoms with Crippen LogP contribution in [-0.2, 0) is 0 Å². The lowest BCUT2D eigenvalue weighted by Gasteiger charge is -2.07. The quantitative estimate of drug-likeness (QED) is 0.763. The van der Waals surface area contributed by atoms with E-state index in [-0.39, 0.29) is 11.1 Å². The predicted octanol–water partition coefficient (Wildman–Crippen LogP) is 2.80. The van der Waals surface area contributed by atoms with Crippen LogP contribution in [0.3, 0.4) is 0 Å². The van der Waals surface area contributed by atoms with Gasteiger partial charge in [0.1, 0.15) is 10.4 Å². The Hall–Kier alpha value is -0.710. The van der Waals surface area contributed by atoms with Crippen LogP contribution in [-0.4, -0.2) is 10.1 Å². The highest BCUT2D eigenvalue weighted by Crippen LogP contribution is 2.33. The van der Waals surface area contributed by atoms with Gasteiger partial charge in [-0.1, -0.05) is 0 Å². The number of pyridine rings is 1. The molecule has 1 aromatic rings. The molecule has 0 spiro atoms. The molecule has 0 bridgehead atoms. The highest BCUT2D eigenvalue weighted by Gasteiger charge is 2.17. The second-order valence-corrected chi connectivity index (χ2v) is 3.02. The van der Waals surface area contributed by atoms with Crippen LogP contribution in [0.2, 0.25) is 0 Å². The lowest BCUT2D eigenvalue weighted by Crippen LogP contribution is -1.93. The number of aromatic hydroxyl groups is 1. The standard InChI is InChI=1S/C7H6BrF2NO/c1-3-5(7(9)10)4(12)2-11-6(3)8/h2,7,12H,1H3. The van der Waals surface area contributed by atoms with Crippen LogP contribution >= 0.6 is 15.9 Å². The largest absolute Gasteiger partial charge is 0.506 e. The van der Waals surface area contributed by atoms with Gasteiger partial charge in [-0.2, -0.15) is 0 Å². The molecule has 1 N–H and O–H groups in total. The Morgan fingerprint density at radius 3 is 2.58 bits per heavy atom. The Labute approximate surface area is 76.4 Å². The summed E-state index contributed by atoms with van der Waals surface area (Å²) >= 11 is 2.99. The fourth-order valence-electron chi connectivity index (χ4n) is 0.863. The van der Waals surface area contributed by atoms with E-state index in [1.54, 1.807) is 0 Å². The number of halogens is 3. The van der Waals surface area contributed by atoms with E-state index < -0.39 is 12.2 Å². The molecule has 1 rings (SSSR count). The minimum absolute atomic E-state index is 0.269. The van der Waals surface area contributed by atoms with Crippen molar-refractivity contribution < 1.29 is 13.9 Å². The van der Waals surface area contributed by atoms with E-state index in [1.165, 1.54) is 6.92 Å². The molecular weight excluding hydrogens is 232 g/mol. The molecular formula is C7H6BrF2NO. The van der Waals surface area contributed by atoms with Gasteiger partial charge in [0.15, 0.2) is 0 Å². The fourth-order valence-corrected chi connectivity index (χ4v) is 1.18. The number of hydrogen-bond donors (Lipinski definition) is 1. The molecule has 0 atom stereocenters. The number of nitrogens with zero attached hydrogens (tertiary/aromatic N) is 1. The van der Waals surface area contributed by atoms with E-state index in [0.717, 1.165) is 6.20 Å². The zero-order valence-electron chi connectivity index (χ0n) is 6.18. The smallest absolute Gasteiger partial charge is 0.267 e. The first kappa shape index (κ1) is 9.38. The maximum atomic E-state index is 12.3. The number of alkyl halides is 2. The third-order valence-electron chi connectivity index (χ3n) is 1.51. The summed E-state index contributed by atoms with van der Waals surface area (Å²) in [6.07, 6.45) is -1.68. The van der Waals surface area contributed by atoms with Crippen LogP contribution < -0.4 is 0 Å². The molecule has 1 aromatic heterocycles. The molecule has 0 aliphatic carbocycles. The van der Waals surface area contributed by atoms with Crippen molar-refractivity contribution in [2.45, 2.75) is 13.3 Å². The monoisotopic (exact) mass is 237 g/mol. The molecule has 66 valence electrons. The van der Waals surface area contributed by atoms with E-state index in [9.17, 15) is 8.78 Å². The molecule has 0 aromatic carbocycles. The average Bonchev–Trinajstić information content (AvgIpc) is 1.97. The summed E-state index contributed by atoms with van der Waals surface area (Å²) in [5, 5.41) is 9.02. The second kappa shape index (κ2) is 3.35. The van der Waals surface area contributed by atoms with Gasteiger partial charge in [0.05, 0.1) is 11.8 Å². The van der Waals surface area contributed by atoms with E-state index in [0.29, 0.717) is 4.60 Å². The Morgan fingerprint density at radius 2 is 2.17 bits per heavy atom. The molecule has 0 fully saturated rings. The minimum Gasteiger partial charge on any atom is -0.506 e. The van der Waals surface area contributed by atoms with Crippen LogP contribution in [0.1, 0.15) is 17.6 Å². The van der Waals surface area contributed by atoms with Crippen molar-refractivity contribution >= 4 is 15.9 Å². The summed E-state index contributed by atoms with van der Waals surface area (Å²) in [5.74, 6) is -0.467. The molecule has 12 heavy (non-hydrogen) atoms. The summed E-state index contributed by atoms with van der Waals surface area (Å²) in [7, 11) is 0. The molecule has 0 amide bonds. The Kier molecular flexibility index (Phi) is 2.62. The van der Waals surface area contributed by atoms with Crippen molar-refractivity contribution in [3.05, 3.63) is 21.9 Å². The number of aromatic nitrogens is 1. The fraction of sp³-hybridized carbons (Fsp3) is 0.286. The SMILES string of the molecule is Cc1c(Br)ncc(O)c1C(F)F. The molecule has 0 aliphatic rings. The summed E-state index contributed by atoms with van der Waals surface area (Å²) < 4.78 is 24.8. The van der Waals surface area contributed by atoms with Crippen LogP contribution in [0.5, 0.6) is 5.75 Å². The Morgan fingerprint density at radius 1 is 1.58 bits per heavy atom. The summed E-state index contributed by atoms with van der Waals surface area (Å²) in [5.41, 5.74) is -0.0955. The van der Waals surface area contributed by atoms with Gasteiger partial charge in [0.2, 0.25) is 0 Å². The van der Waals surface area contributed by atoms with Gasteiger partial charge < -0.3 is 5.11 Å². The van der Waals surface area contributed by atoms with Crippen molar-refractivity contribution in [2.75, 3.05) is 0 Å². The van der Waals surface area contributed by atoms with Crippen molar-refractivity contribution in [2.24, 2.45) is 0 Å². The average molecular weight is 238 g/mol. The molecule has 0 aliphatic heterocycles. The van der Waals surface area contributed by atoms with Crippen molar-refractivity contribution in [3.8, 4) is 5.75 Å². The van der Waals surface area contributed by atoms with Gasteiger partial charge in [0.25, 0.3) is 6.43 Å². The first-order chi connectivity index (χ1) is 5.54. The summed E-state index contributed by atoms with van der Waals surface area (Å²) in [6, 6.07) is 0. The van der Waals surface area contributed by atoms with Gasteiger partial charge in [-0.15, -0.1) is 0 Å². The summed E-state index contributed by atoms with van der Waals surface area (Å²) in [4.78, 5) is 3.65. The van der Waals surface area contributed by atoms with Crippen molar-refractivity contribution in [3.63, 3.8) is 0 Å². The van der Waals surface area contributed by atoms with Crippen LogP contribution in [0.4, 0.5) is 8.78 Å². The minimum atomic E-state index is -2.68. The second-order valence-electron chi connectivity index (χ2n) is 2.27. The van der Waals surface area contributed by atoms with Crippen LogP contribution in [0, 0.1) is 6.92 Å². The third-order valence-corrected chi connectivity index (χ3v) is 2.31. The van der Waals surface area contributed by atoms with Gasteiger partial charge in [0, 0.05) is 0 Å². The highest BCUT2D eigenvalue weighted by molar-refractivity contribution is 9.10. The molecule has 0 saturated carbocycles. The zero-order valence-corrected chi connectivity index (χ0v) is 7.77. The molecule has 5 heteroatoms. The molecule has 2 nitrogen and oxygen atoms in total. The summed E-state index contributed by atoms with van der Waals surface area (Å²) in [6.45, 7) is 1.47. The molecule has 1 heterocycles. The normalized spacial score (nSPS) is 10.8. The molecule has 0 saturated heterocycles. The Balaban J connectivity index is 3.33. The van der Waals surface area contributed by atoms with E-state index in [1.807, 2.05) is 0 Å². The van der Waals surface area contributed by atoms with E-state index >= 15 is 0 Å². The van der Waals surface area contributed by atoms with E-state index in [4.69, 9.17) is 5.11 Å². The molecule has 0 radical (unpaired) electrons. The lowest BCUT2D eigenvalue weighted by atomic mass is 10.1.